The number of hydrogen-bond acceptors (Lipinski definition) is 6. The third kappa shape index (κ3) is 2.30. The van der Waals surface area contributed by atoms with E-state index in [1.165, 1.54) is 27.2 Å². The molecule has 124 valence electrons. The van der Waals surface area contributed by atoms with Crippen molar-refractivity contribution < 1.29 is 13.2 Å². The van der Waals surface area contributed by atoms with Crippen molar-refractivity contribution in [1.29, 1.82) is 0 Å². The molecule has 3 aromatic heterocycles. The second kappa shape index (κ2) is 5.36. The van der Waals surface area contributed by atoms with E-state index in [1.54, 1.807) is 36.0 Å². The van der Waals surface area contributed by atoms with Gasteiger partial charge in [0.15, 0.2) is 11.3 Å². The van der Waals surface area contributed by atoms with Gasteiger partial charge in [0.25, 0.3) is 5.91 Å². The molecular formula is C14H13N5O3S2. The third-order valence-corrected chi connectivity index (χ3v) is 6.92. The highest BCUT2D eigenvalue weighted by molar-refractivity contribution is 7.89. The fourth-order valence-electron chi connectivity index (χ4n) is 2.67. The first-order chi connectivity index (χ1) is 11.5. The van der Waals surface area contributed by atoms with Gasteiger partial charge in [0.05, 0.1) is 10.9 Å². The van der Waals surface area contributed by atoms with Gasteiger partial charge in [-0.1, -0.05) is 0 Å². The predicted octanol–water partition coefficient (Wildman–Crippen LogP) is 0.896. The van der Waals surface area contributed by atoms with Gasteiger partial charge in [-0.05, 0) is 17.5 Å². The van der Waals surface area contributed by atoms with Gasteiger partial charge in [0.2, 0.25) is 10.0 Å². The van der Waals surface area contributed by atoms with Gasteiger partial charge >= 0.3 is 0 Å². The summed E-state index contributed by atoms with van der Waals surface area (Å²) in [6.45, 7) is 0.188. The fraction of sp³-hybridized carbons (Fsp3) is 0.214. The molecule has 1 aliphatic heterocycles. The number of carbonyl (C=O) groups is 1. The molecule has 0 spiro atoms. The Morgan fingerprint density at radius 2 is 2.29 bits per heavy atom. The molecular weight excluding hydrogens is 350 g/mol. The Morgan fingerprint density at radius 3 is 3.08 bits per heavy atom. The molecule has 0 fully saturated rings. The molecule has 4 heterocycles. The lowest BCUT2D eigenvalue weighted by Gasteiger charge is -2.29. The normalized spacial score (nSPS) is 20.0. The van der Waals surface area contributed by atoms with E-state index in [-0.39, 0.29) is 23.0 Å². The standard InChI is InChI=1S/C14H13N5O3S2/c1-18-8-10(13-11(3-6-23-13)24(18,21)22)16-14(20)9-7-12-15-4-2-5-19(12)17-9/h2-7,10H,8H2,1H3,(H,16,20)/t10-/m0/s1. The van der Waals surface area contributed by atoms with Crippen molar-refractivity contribution in [1.82, 2.24) is 24.2 Å². The van der Waals surface area contributed by atoms with Gasteiger partial charge in [0.1, 0.15) is 0 Å². The van der Waals surface area contributed by atoms with Gasteiger partial charge in [-0.25, -0.2) is 17.9 Å². The Morgan fingerprint density at radius 1 is 1.46 bits per heavy atom. The summed E-state index contributed by atoms with van der Waals surface area (Å²) in [7, 11) is -1.96. The summed E-state index contributed by atoms with van der Waals surface area (Å²) < 4.78 is 27.3. The zero-order valence-corrected chi connectivity index (χ0v) is 14.2. The summed E-state index contributed by atoms with van der Waals surface area (Å²) in [4.78, 5) is 17.5. The van der Waals surface area contributed by atoms with Crippen molar-refractivity contribution in [3.05, 3.63) is 46.5 Å². The molecule has 0 aromatic carbocycles. The smallest absolute Gasteiger partial charge is 0.272 e. The molecule has 0 aliphatic carbocycles. The summed E-state index contributed by atoms with van der Waals surface area (Å²) in [6, 6.07) is 4.48. The maximum absolute atomic E-state index is 12.5. The first-order valence-corrected chi connectivity index (χ1v) is 9.44. The van der Waals surface area contributed by atoms with Gasteiger partial charge in [0, 0.05) is 36.9 Å². The molecule has 0 bridgehead atoms. The molecule has 0 saturated carbocycles. The minimum absolute atomic E-state index is 0.188. The molecule has 8 nitrogen and oxygen atoms in total. The van der Waals surface area contributed by atoms with Crippen LogP contribution in [0.2, 0.25) is 0 Å². The third-order valence-electron chi connectivity index (χ3n) is 3.88. The number of aromatic nitrogens is 3. The number of rotatable bonds is 2. The Balaban J connectivity index is 1.65. The summed E-state index contributed by atoms with van der Waals surface area (Å²) in [6.07, 6.45) is 3.33. The first kappa shape index (κ1) is 15.2. The average molecular weight is 363 g/mol. The summed E-state index contributed by atoms with van der Waals surface area (Å²) >= 11 is 1.32. The Labute approximate surface area is 141 Å². The Bertz CT molecular complexity index is 1010. The Hall–Kier alpha value is -2.30. The molecule has 1 aliphatic rings. The van der Waals surface area contributed by atoms with Crippen molar-refractivity contribution in [2.75, 3.05) is 13.6 Å². The molecule has 0 saturated heterocycles. The molecule has 24 heavy (non-hydrogen) atoms. The molecule has 4 rings (SSSR count). The number of hydrogen-bond donors (Lipinski definition) is 1. The minimum atomic E-state index is -3.47. The molecule has 10 heteroatoms. The average Bonchev–Trinajstić information content (AvgIpc) is 3.20. The van der Waals surface area contributed by atoms with Crippen LogP contribution in [0.15, 0.2) is 40.9 Å². The van der Waals surface area contributed by atoms with Gasteiger partial charge < -0.3 is 5.32 Å². The van der Waals surface area contributed by atoms with Crippen LogP contribution in [0.25, 0.3) is 5.65 Å². The maximum atomic E-state index is 12.5. The van der Waals surface area contributed by atoms with E-state index in [2.05, 4.69) is 15.4 Å². The van der Waals surface area contributed by atoms with Crippen LogP contribution >= 0.6 is 11.3 Å². The minimum Gasteiger partial charge on any atom is -0.342 e. The van der Waals surface area contributed by atoms with Gasteiger partial charge in [-0.2, -0.15) is 9.40 Å². The molecule has 1 N–H and O–H groups in total. The lowest BCUT2D eigenvalue weighted by Crippen LogP contribution is -2.42. The van der Waals surface area contributed by atoms with E-state index in [0.29, 0.717) is 10.5 Å². The van der Waals surface area contributed by atoms with E-state index in [9.17, 15) is 13.2 Å². The number of nitrogens with zero attached hydrogens (tertiary/aromatic N) is 4. The van der Waals surface area contributed by atoms with E-state index < -0.39 is 16.1 Å². The monoisotopic (exact) mass is 363 g/mol. The van der Waals surface area contributed by atoms with Crippen molar-refractivity contribution >= 4 is 32.9 Å². The van der Waals surface area contributed by atoms with E-state index >= 15 is 0 Å². The number of fused-ring (bicyclic) bond motifs is 2. The maximum Gasteiger partial charge on any atom is 0.272 e. The van der Waals surface area contributed by atoms with Crippen LogP contribution in [-0.2, 0) is 10.0 Å². The lowest BCUT2D eigenvalue weighted by atomic mass is 10.2. The quantitative estimate of drug-likeness (QED) is 0.730. The number of carbonyl (C=O) groups excluding carboxylic acids is 1. The first-order valence-electron chi connectivity index (χ1n) is 7.12. The molecule has 0 radical (unpaired) electrons. The number of likely N-dealkylation sites (N-methyl/N-ethyl adjacent to an activating group) is 1. The number of sulfonamides is 1. The van der Waals surface area contributed by atoms with Crippen molar-refractivity contribution in [2.45, 2.75) is 10.9 Å². The highest BCUT2D eigenvalue weighted by Crippen LogP contribution is 2.35. The van der Waals surface area contributed by atoms with Crippen LogP contribution in [0.5, 0.6) is 0 Å². The van der Waals surface area contributed by atoms with Crippen molar-refractivity contribution in [3.8, 4) is 0 Å². The van der Waals surface area contributed by atoms with Gasteiger partial charge in [-0.3, -0.25) is 4.79 Å². The lowest BCUT2D eigenvalue weighted by molar-refractivity contribution is 0.0926. The molecule has 3 aromatic rings. The number of nitrogens with one attached hydrogen (secondary N) is 1. The Kier molecular flexibility index (Phi) is 3.41. The van der Waals surface area contributed by atoms with Crippen LogP contribution in [0, 0.1) is 0 Å². The van der Waals surface area contributed by atoms with E-state index in [0.717, 1.165) is 0 Å². The van der Waals surface area contributed by atoms with Crippen LogP contribution in [0.3, 0.4) is 0 Å². The fourth-order valence-corrected chi connectivity index (χ4v) is 5.36. The second-order valence-corrected chi connectivity index (χ2v) is 8.37. The predicted molar refractivity (Wildman–Crippen MR) is 87.3 cm³/mol. The van der Waals surface area contributed by atoms with Crippen LogP contribution in [-0.4, -0.2) is 46.8 Å². The van der Waals surface area contributed by atoms with Crippen LogP contribution in [0.1, 0.15) is 21.4 Å². The van der Waals surface area contributed by atoms with Crippen molar-refractivity contribution in [3.63, 3.8) is 0 Å². The number of thiophene rings is 1. The highest BCUT2D eigenvalue weighted by atomic mass is 32.2. The SMILES string of the molecule is CN1C[C@H](NC(=O)c2cc3ncccn3n2)c2sccc2S1(=O)=O. The van der Waals surface area contributed by atoms with E-state index in [1.807, 2.05) is 0 Å². The molecule has 0 unspecified atom stereocenters. The van der Waals surface area contributed by atoms with Crippen molar-refractivity contribution in [2.24, 2.45) is 0 Å². The van der Waals surface area contributed by atoms with Crippen LogP contribution < -0.4 is 5.32 Å². The molecule has 1 atom stereocenters. The summed E-state index contributed by atoms with van der Waals surface area (Å²) in [5.41, 5.74) is 0.811. The largest absolute Gasteiger partial charge is 0.342 e. The number of amides is 1. The summed E-state index contributed by atoms with van der Waals surface area (Å²) in [5.74, 6) is -0.363. The summed E-state index contributed by atoms with van der Waals surface area (Å²) in [5, 5.41) is 8.77. The highest BCUT2D eigenvalue weighted by Gasteiger charge is 2.36. The van der Waals surface area contributed by atoms with Gasteiger partial charge in [-0.15, -0.1) is 11.3 Å². The molecule has 1 amide bonds. The zero-order valence-electron chi connectivity index (χ0n) is 12.6. The second-order valence-electron chi connectivity index (χ2n) is 5.41. The van der Waals surface area contributed by atoms with E-state index in [4.69, 9.17) is 0 Å². The van der Waals surface area contributed by atoms with Crippen LogP contribution in [0.4, 0.5) is 0 Å². The zero-order chi connectivity index (χ0) is 16.9. The topological polar surface area (TPSA) is 96.7 Å².